The molecule has 1 heterocycles. The predicted molar refractivity (Wildman–Crippen MR) is 85.4 cm³/mol. The van der Waals surface area contributed by atoms with Crippen LogP contribution in [0.1, 0.15) is 45.1 Å². The van der Waals surface area contributed by atoms with E-state index in [1.54, 1.807) is 0 Å². The van der Waals surface area contributed by atoms with Gasteiger partial charge in [0.15, 0.2) is 0 Å². The topological polar surface area (TPSA) is 40.5 Å². The molecule has 2 atom stereocenters. The van der Waals surface area contributed by atoms with Crippen molar-refractivity contribution in [3.63, 3.8) is 0 Å². The molecule has 0 aromatic heterocycles. The van der Waals surface area contributed by atoms with E-state index in [1.165, 1.54) is 5.56 Å². The Hall–Kier alpha value is -1.35. The molecule has 21 heavy (non-hydrogen) atoms. The SMILES string of the molecule is CC(C)CC(CN1CCC(C)(C(=O)O)C1)c1ccccc1. The summed E-state index contributed by atoms with van der Waals surface area (Å²) in [5.74, 6) is 0.469. The van der Waals surface area contributed by atoms with Gasteiger partial charge in [0.2, 0.25) is 0 Å². The number of aliphatic carboxylic acids is 1. The fraction of sp³-hybridized carbons (Fsp3) is 0.611. The molecule has 1 aromatic rings. The van der Waals surface area contributed by atoms with E-state index in [4.69, 9.17) is 0 Å². The van der Waals surface area contributed by atoms with Crippen LogP contribution in [0.25, 0.3) is 0 Å². The van der Waals surface area contributed by atoms with Crippen LogP contribution in [0, 0.1) is 11.3 Å². The van der Waals surface area contributed by atoms with E-state index in [0.29, 0.717) is 18.4 Å². The van der Waals surface area contributed by atoms with E-state index in [9.17, 15) is 9.90 Å². The van der Waals surface area contributed by atoms with Crippen molar-refractivity contribution in [2.24, 2.45) is 11.3 Å². The minimum atomic E-state index is -0.662. The Morgan fingerprint density at radius 3 is 2.52 bits per heavy atom. The maximum atomic E-state index is 11.4. The lowest BCUT2D eigenvalue weighted by molar-refractivity contribution is -0.147. The average Bonchev–Trinajstić information content (AvgIpc) is 2.81. The first-order chi connectivity index (χ1) is 9.90. The zero-order chi connectivity index (χ0) is 15.5. The number of likely N-dealkylation sites (tertiary alicyclic amines) is 1. The van der Waals surface area contributed by atoms with Gasteiger partial charge in [0.25, 0.3) is 0 Å². The summed E-state index contributed by atoms with van der Waals surface area (Å²) in [5, 5.41) is 9.36. The Labute approximate surface area is 128 Å². The molecule has 1 aliphatic heterocycles. The van der Waals surface area contributed by atoms with Gasteiger partial charge in [0, 0.05) is 13.1 Å². The van der Waals surface area contributed by atoms with Crippen molar-refractivity contribution in [3.05, 3.63) is 35.9 Å². The van der Waals surface area contributed by atoms with E-state index in [-0.39, 0.29) is 0 Å². The maximum absolute atomic E-state index is 11.4. The molecule has 0 radical (unpaired) electrons. The second-order valence-corrected chi connectivity index (χ2v) is 7.09. The summed E-state index contributed by atoms with van der Waals surface area (Å²) in [6, 6.07) is 10.6. The van der Waals surface area contributed by atoms with E-state index in [2.05, 4.69) is 43.0 Å². The number of hydrogen-bond acceptors (Lipinski definition) is 2. The summed E-state index contributed by atoms with van der Waals surface area (Å²) < 4.78 is 0. The third-order valence-electron chi connectivity index (χ3n) is 4.57. The molecule has 0 bridgehead atoms. The van der Waals surface area contributed by atoms with E-state index >= 15 is 0 Å². The zero-order valence-corrected chi connectivity index (χ0v) is 13.4. The van der Waals surface area contributed by atoms with Crippen molar-refractivity contribution in [2.75, 3.05) is 19.6 Å². The van der Waals surface area contributed by atoms with E-state index in [0.717, 1.165) is 25.9 Å². The van der Waals surface area contributed by atoms with Crippen molar-refractivity contribution >= 4 is 5.97 Å². The number of rotatable bonds is 6. The van der Waals surface area contributed by atoms with Crippen molar-refractivity contribution in [2.45, 2.75) is 39.5 Å². The van der Waals surface area contributed by atoms with E-state index in [1.807, 2.05) is 13.0 Å². The van der Waals surface area contributed by atoms with Crippen LogP contribution in [-0.2, 0) is 4.79 Å². The number of hydrogen-bond donors (Lipinski definition) is 1. The summed E-state index contributed by atoms with van der Waals surface area (Å²) >= 11 is 0. The lowest BCUT2D eigenvalue weighted by Gasteiger charge is -2.26. The summed E-state index contributed by atoms with van der Waals surface area (Å²) in [6.07, 6.45) is 1.90. The standard InChI is InChI=1S/C18H27NO2/c1-14(2)11-16(15-7-5-4-6-8-15)12-19-10-9-18(3,13-19)17(20)21/h4-8,14,16H,9-13H2,1-3H3,(H,20,21). The van der Waals surface area contributed by atoms with Gasteiger partial charge < -0.3 is 10.0 Å². The lowest BCUT2D eigenvalue weighted by atomic mass is 9.89. The van der Waals surface area contributed by atoms with Crippen LogP contribution in [0.15, 0.2) is 30.3 Å². The minimum absolute atomic E-state index is 0.488. The fourth-order valence-corrected chi connectivity index (χ4v) is 3.31. The van der Waals surface area contributed by atoms with Gasteiger partial charge in [-0.15, -0.1) is 0 Å². The van der Waals surface area contributed by atoms with Crippen LogP contribution < -0.4 is 0 Å². The van der Waals surface area contributed by atoms with Gasteiger partial charge in [-0.2, -0.15) is 0 Å². The Morgan fingerprint density at radius 1 is 1.33 bits per heavy atom. The fourth-order valence-electron chi connectivity index (χ4n) is 3.31. The second kappa shape index (κ2) is 6.61. The molecule has 1 aliphatic rings. The minimum Gasteiger partial charge on any atom is -0.481 e. The summed E-state index contributed by atoms with van der Waals surface area (Å²) in [6.45, 7) is 8.90. The van der Waals surface area contributed by atoms with Crippen molar-refractivity contribution in [1.82, 2.24) is 4.90 Å². The molecule has 0 amide bonds. The van der Waals surface area contributed by atoms with Crippen molar-refractivity contribution < 1.29 is 9.90 Å². The quantitative estimate of drug-likeness (QED) is 0.869. The maximum Gasteiger partial charge on any atom is 0.310 e. The number of carboxylic acid groups (broad SMARTS) is 1. The predicted octanol–water partition coefficient (Wildman–Crippen LogP) is 3.61. The molecule has 1 N–H and O–H groups in total. The molecule has 1 aromatic carbocycles. The molecular weight excluding hydrogens is 262 g/mol. The first-order valence-corrected chi connectivity index (χ1v) is 7.91. The first-order valence-electron chi connectivity index (χ1n) is 7.91. The number of benzene rings is 1. The first kappa shape index (κ1) is 16.0. The van der Waals surface area contributed by atoms with E-state index < -0.39 is 11.4 Å². The van der Waals surface area contributed by atoms with Crippen LogP contribution in [-0.4, -0.2) is 35.6 Å². The Morgan fingerprint density at radius 2 is 2.00 bits per heavy atom. The molecule has 116 valence electrons. The molecule has 0 saturated carbocycles. The van der Waals surface area contributed by atoms with Gasteiger partial charge >= 0.3 is 5.97 Å². The second-order valence-electron chi connectivity index (χ2n) is 7.09. The molecule has 1 saturated heterocycles. The average molecular weight is 289 g/mol. The third kappa shape index (κ3) is 4.07. The van der Waals surface area contributed by atoms with Crippen LogP contribution >= 0.6 is 0 Å². The van der Waals surface area contributed by atoms with Crippen LogP contribution in [0.3, 0.4) is 0 Å². The Balaban J connectivity index is 2.05. The highest BCUT2D eigenvalue weighted by atomic mass is 16.4. The van der Waals surface area contributed by atoms with Gasteiger partial charge in [-0.1, -0.05) is 44.2 Å². The number of carbonyl (C=O) groups is 1. The lowest BCUT2D eigenvalue weighted by Crippen LogP contribution is -2.33. The van der Waals surface area contributed by atoms with Crippen molar-refractivity contribution in [3.8, 4) is 0 Å². The highest BCUT2D eigenvalue weighted by molar-refractivity contribution is 5.74. The van der Waals surface area contributed by atoms with Gasteiger partial charge in [0.1, 0.15) is 0 Å². The molecule has 0 spiro atoms. The molecule has 0 aliphatic carbocycles. The molecule has 2 rings (SSSR count). The van der Waals surface area contributed by atoms with Gasteiger partial charge in [-0.05, 0) is 43.7 Å². The largest absolute Gasteiger partial charge is 0.481 e. The van der Waals surface area contributed by atoms with Gasteiger partial charge in [-0.25, -0.2) is 0 Å². The summed E-state index contributed by atoms with van der Waals surface area (Å²) in [4.78, 5) is 13.7. The molecular formula is C18H27NO2. The number of carboxylic acids is 1. The highest BCUT2D eigenvalue weighted by Crippen LogP contribution is 2.33. The highest BCUT2D eigenvalue weighted by Gasteiger charge is 2.40. The third-order valence-corrected chi connectivity index (χ3v) is 4.57. The summed E-state index contributed by atoms with van der Waals surface area (Å²) in [7, 11) is 0. The van der Waals surface area contributed by atoms with Gasteiger partial charge in [-0.3, -0.25) is 4.79 Å². The molecule has 2 unspecified atom stereocenters. The molecule has 3 nitrogen and oxygen atoms in total. The Bertz CT molecular complexity index is 471. The van der Waals surface area contributed by atoms with Crippen LogP contribution in [0.5, 0.6) is 0 Å². The number of nitrogens with zero attached hydrogens (tertiary/aromatic N) is 1. The summed E-state index contributed by atoms with van der Waals surface area (Å²) in [5.41, 5.74) is 0.800. The van der Waals surface area contributed by atoms with Crippen LogP contribution in [0.2, 0.25) is 0 Å². The monoisotopic (exact) mass is 289 g/mol. The molecule has 1 fully saturated rings. The van der Waals surface area contributed by atoms with Crippen molar-refractivity contribution in [1.29, 1.82) is 0 Å². The van der Waals surface area contributed by atoms with Gasteiger partial charge in [0.05, 0.1) is 5.41 Å². The van der Waals surface area contributed by atoms with Crippen LogP contribution in [0.4, 0.5) is 0 Å². The molecule has 3 heteroatoms. The smallest absolute Gasteiger partial charge is 0.310 e. The normalized spacial score (nSPS) is 24.4. The zero-order valence-electron chi connectivity index (χ0n) is 13.4. The Kier molecular flexibility index (Phi) is 5.04.